The molecule has 3 rings (SSSR count). The van der Waals surface area contributed by atoms with Gasteiger partial charge in [-0.25, -0.2) is 0 Å². The van der Waals surface area contributed by atoms with Gasteiger partial charge < -0.3 is 19.7 Å². The molecule has 2 aromatic rings. The molecule has 2 aromatic carbocycles. The second-order valence-electron chi connectivity index (χ2n) is 7.77. The summed E-state index contributed by atoms with van der Waals surface area (Å²) in [7, 11) is 3.25. The van der Waals surface area contributed by atoms with Crippen molar-refractivity contribution in [1.29, 1.82) is 0 Å². The van der Waals surface area contributed by atoms with Crippen molar-refractivity contribution in [2.24, 2.45) is 0 Å². The van der Waals surface area contributed by atoms with Crippen molar-refractivity contribution in [3.05, 3.63) is 53.1 Å². The predicted octanol–water partition coefficient (Wildman–Crippen LogP) is 2.80. The lowest BCUT2D eigenvalue weighted by molar-refractivity contribution is -0.122. The number of amides is 1. The zero-order chi connectivity index (χ0) is 21.5. The Morgan fingerprint density at radius 1 is 1.00 bits per heavy atom. The number of hydrogen-bond donors (Lipinski definition) is 1. The van der Waals surface area contributed by atoms with Crippen LogP contribution >= 0.6 is 0 Å². The summed E-state index contributed by atoms with van der Waals surface area (Å²) in [5.41, 5.74) is 5.09. The Kier molecular flexibility index (Phi) is 7.57. The summed E-state index contributed by atoms with van der Waals surface area (Å²) in [6.45, 7) is 9.09. The standard InChI is InChI=1S/C24H33N3O3/c1-18-6-5-7-21(19(18)2)27-14-12-26(13-15-27)17-24(28)25-11-10-20-8-9-22(29-3)23(16-20)30-4/h5-9,16H,10-15,17H2,1-4H3,(H,25,28). The van der Waals surface area contributed by atoms with Gasteiger partial charge in [-0.2, -0.15) is 0 Å². The minimum absolute atomic E-state index is 0.0793. The minimum atomic E-state index is 0.0793. The molecule has 1 fully saturated rings. The second kappa shape index (κ2) is 10.3. The molecular weight excluding hydrogens is 378 g/mol. The Labute approximate surface area is 179 Å². The lowest BCUT2D eigenvalue weighted by Crippen LogP contribution is -2.49. The van der Waals surface area contributed by atoms with Crippen molar-refractivity contribution in [2.45, 2.75) is 20.3 Å². The van der Waals surface area contributed by atoms with E-state index in [1.54, 1.807) is 14.2 Å². The number of benzene rings is 2. The molecule has 0 spiro atoms. The van der Waals surface area contributed by atoms with Gasteiger partial charge in [-0.15, -0.1) is 0 Å². The van der Waals surface area contributed by atoms with Crippen LogP contribution < -0.4 is 19.7 Å². The van der Waals surface area contributed by atoms with Crippen molar-refractivity contribution < 1.29 is 14.3 Å². The molecule has 1 N–H and O–H groups in total. The summed E-state index contributed by atoms with van der Waals surface area (Å²) in [4.78, 5) is 17.0. The Morgan fingerprint density at radius 3 is 2.43 bits per heavy atom. The maximum atomic E-state index is 12.4. The van der Waals surface area contributed by atoms with Gasteiger partial charge in [0.25, 0.3) is 0 Å². The van der Waals surface area contributed by atoms with Crippen LogP contribution in [0.2, 0.25) is 0 Å². The first-order valence-electron chi connectivity index (χ1n) is 10.5. The van der Waals surface area contributed by atoms with Crippen LogP contribution in [0.1, 0.15) is 16.7 Å². The van der Waals surface area contributed by atoms with Crippen molar-refractivity contribution >= 4 is 11.6 Å². The number of nitrogens with one attached hydrogen (secondary N) is 1. The lowest BCUT2D eigenvalue weighted by Gasteiger charge is -2.36. The van der Waals surface area contributed by atoms with Crippen molar-refractivity contribution in [1.82, 2.24) is 10.2 Å². The fourth-order valence-corrected chi connectivity index (χ4v) is 3.87. The highest BCUT2D eigenvalue weighted by Crippen LogP contribution is 2.27. The zero-order valence-corrected chi connectivity index (χ0v) is 18.5. The number of ether oxygens (including phenoxy) is 2. The van der Waals surface area contributed by atoms with Crippen molar-refractivity contribution in [2.75, 3.05) is 58.4 Å². The molecule has 6 nitrogen and oxygen atoms in total. The number of methoxy groups -OCH3 is 2. The number of piperazine rings is 1. The van der Waals surface area contributed by atoms with Gasteiger partial charge in [-0.3, -0.25) is 9.69 Å². The molecule has 1 amide bonds. The zero-order valence-electron chi connectivity index (χ0n) is 18.5. The van der Waals surface area contributed by atoms with Crippen LogP contribution in [0.25, 0.3) is 0 Å². The number of anilines is 1. The molecule has 6 heteroatoms. The van der Waals surface area contributed by atoms with Crippen LogP contribution in [0.3, 0.4) is 0 Å². The first kappa shape index (κ1) is 22.0. The normalized spacial score (nSPS) is 14.5. The molecule has 0 unspecified atom stereocenters. The van der Waals surface area contributed by atoms with E-state index in [9.17, 15) is 4.79 Å². The lowest BCUT2D eigenvalue weighted by atomic mass is 10.1. The van der Waals surface area contributed by atoms with E-state index in [1.807, 2.05) is 18.2 Å². The summed E-state index contributed by atoms with van der Waals surface area (Å²) in [6.07, 6.45) is 0.756. The molecule has 0 atom stereocenters. The smallest absolute Gasteiger partial charge is 0.234 e. The van der Waals surface area contributed by atoms with Crippen molar-refractivity contribution in [3.63, 3.8) is 0 Å². The minimum Gasteiger partial charge on any atom is -0.493 e. The fraction of sp³-hybridized carbons (Fsp3) is 0.458. The highest BCUT2D eigenvalue weighted by molar-refractivity contribution is 5.78. The molecule has 162 valence electrons. The highest BCUT2D eigenvalue weighted by Gasteiger charge is 2.20. The molecule has 0 bridgehead atoms. The fourth-order valence-electron chi connectivity index (χ4n) is 3.87. The van der Waals surface area contributed by atoms with Gasteiger partial charge >= 0.3 is 0 Å². The van der Waals surface area contributed by atoms with Crippen LogP contribution in [0.4, 0.5) is 5.69 Å². The Balaban J connectivity index is 1.41. The number of rotatable bonds is 8. The SMILES string of the molecule is COc1ccc(CCNC(=O)CN2CCN(c3cccc(C)c3C)CC2)cc1OC. The monoisotopic (exact) mass is 411 g/mol. The predicted molar refractivity (Wildman–Crippen MR) is 121 cm³/mol. The Hall–Kier alpha value is -2.73. The summed E-state index contributed by atoms with van der Waals surface area (Å²) >= 11 is 0. The van der Waals surface area contributed by atoms with E-state index >= 15 is 0 Å². The summed E-state index contributed by atoms with van der Waals surface area (Å²) < 4.78 is 10.6. The molecular formula is C24H33N3O3. The van der Waals surface area contributed by atoms with Gasteiger partial charge in [0.15, 0.2) is 11.5 Å². The quantitative estimate of drug-likeness (QED) is 0.724. The number of aryl methyl sites for hydroxylation is 1. The van der Waals surface area contributed by atoms with Gasteiger partial charge in [0.2, 0.25) is 5.91 Å². The number of carbonyl (C=O) groups is 1. The molecule has 1 heterocycles. The van der Waals surface area contributed by atoms with E-state index in [2.05, 4.69) is 47.2 Å². The maximum absolute atomic E-state index is 12.4. The maximum Gasteiger partial charge on any atom is 0.234 e. The molecule has 0 radical (unpaired) electrons. The van der Waals surface area contributed by atoms with Crippen LogP contribution in [-0.4, -0.2) is 64.3 Å². The third-order valence-electron chi connectivity index (χ3n) is 5.84. The second-order valence-corrected chi connectivity index (χ2v) is 7.77. The van der Waals surface area contributed by atoms with Gasteiger partial charge in [-0.1, -0.05) is 18.2 Å². The third-order valence-corrected chi connectivity index (χ3v) is 5.84. The Bertz CT molecular complexity index is 861. The average Bonchev–Trinajstić information content (AvgIpc) is 2.76. The molecule has 1 aliphatic rings. The molecule has 30 heavy (non-hydrogen) atoms. The first-order chi connectivity index (χ1) is 14.5. The van der Waals surface area contributed by atoms with E-state index in [-0.39, 0.29) is 5.91 Å². The molecule has 1 saturated heterocycles. The van der Waals surface area contributed by atoms with E-state index < -0.39 is 0 Å². The summed E-state index contributed by atoms with van der Waals surface area (Å²) in [6, 6.07) is 12.3. The first-order valence-corrected chi connectivity index (χ1v) is 10.5. The third kappa shape index (κ3) is 5.45. The topological polar surface area (TPSA) is 54.0 Å². The van der Waals surface area contributed by atoms with Crippen LogP contribution in [0.5, 0.6) is 11.5 Å². The summed E-state index contributed by atoms with van der Waals surface area (Å²) in [5, 5.41) is 3.04. The molecule has 0 saturated carbocycles. The average molecular weight is 412 g/mol. The van der Waals surface area contributed by atoms with Gasteiger partial charge in [-0.05, 0) is 55.2 Å². The van der Waals surface area contributed by atoms with Gasteiger partial charge in [0, 0.05) is 38.4 Å². The molecule has 0 aromatic heterocycles. The molecule has 1 aliphatic heterocycles. The van der Waals surface area contributed by atoms with Crippen LogP contribution in [0, 0.1) is 13.8 Å². The van der Waals surface area contributed by atoms with Gasteiger partial charge in [0.05, 0.1) is 20.8 Å². The van der Waals surface area contributed by atoms with E-state index in [4.69, 9.17) is 9.47 Å². The van der Waals surface area contributed by atoms with Crippen LogP contribution in [0.15, 0.2) is 36.4 Å². The van der Waals surface area contributed by atoms with Crippen LogP contribution in [-0.2, 0) is 11.2 Å². The summed E-state index contributed by atoms with van der Waals surface area (Å²) in [5.74, 6) is 1.50. The van der Waals surface area contributed by atoms with E-state index in [1.165, 1.54) is 16.8 Å². The molecule has 0 aliphatic carbocycles. The number of hydrogen-bond acceptors (Lipinski definition) is 5. The largest absolute Gasteiger partial charge is 0.493 e. The van der Waals surface area contributed by atoms with E-state index in [0.717, 1.165) is 38.2 Å². The van der Waals surface area contributed by atoms with Gasteiger partial charge in [0.1, 0.15) is 0 Å². The number of nitrogens with zero attached hydrogens (tertiary/aromatic N) is 2. The number of carbonyl (C=O) groups excluding carboxylic acids is 1. The Morgan fingerprint density at radius 2 is 1.73 bits per heavy atom. The van der Waals surface area contributed by atoms with E-state index in [0.29, 0.717) is 24.6 Å². The highest BCUT2D eigenvalue weighted by atomic mass is 16.5. The van der Waals surface area contributed by atoms with Crippen molar-refractivity contribution in [3.8, 4) is 11.5 Å².